The first kappa shape index (κ1) is 13.2. The van der Waals surface area contributed by atoms with E-state index in [0.29, 0.717) is 0 Å². The molecule has 1 fully saturated rings. The summed E-state index contributed by atoms with van der Waals surface area (Å²) in [5, 5.41) is 4.56. The van der Waals surface area contributed by atoms with E-state index in [1.807, 2.05) is 12.1 Å². The third-order valence-electron chi connectivity index (χ3n) is 3.16. The zero-order chi connectivity index (χ0) is 13.2. The molecule has 1 saturated heterocycles. The minimum atomic E-state index is 0.287. The van der Waals surface area contributed by atoms with Crippen LogP contribution in [0.15, 0.2) is 28.7 Å². The number of halogens is 1. The second-order valence-corrected chi connectivity index (χ2v) is 6.50. The van der Waals surface area contributed by atoms with Crippen molar-refractivity contribution in [1.29, 1.82) is 0 Å². The Morgan fingerprint density at radius 2 is 2.16 bits per heavy atom. The lowest BCUT2D eigenvalue weighted by atomic mass is 10.2. The second-order valence-electron chi connectivity index (χ2n) is 4.56. The number of ether oxygens (including phenoxy) is 1. The first-order valence-electron chi connectivity index (χ1n) is 6.28. The van der Waals surface area contributed by atoms with E-state index in [9.17, 15) is 0 Å². The maximum absolute atomic E-state index is 5.53. The van der Waals surface area contributed by atoms with E-state index in [4.69, 9.17) is 9.72 Å². The zero-order valence-corrected chi connectivity index (χ0v) is 13.1. The van der Waals surface area contributed by atoms with Gasteiger partial charge in [-0.05, 0) is 19.1 Å². The Bertz CT molecular complexity index is 561. The molecule has 2 heterocycles. The molecular weight excluding hydrogens is 324 g/mol. The van der Waals surface area contributed by atoms with Crippen molar-refractivity contribution in [3.8, 4) is 10.6 Å². The summed E-state index contributed by atoms with van der Waals surface area (Å²) in [6, 6.07) is 8.57. The van der Waals surface area contributed by atoms with Gasteiger partial charge in [0.25, 0.3) is 0 Å². The van der Waals surface area contributed by atoms with Crippen molar-refractivity contribution in [3.05, 3.63) is 39.3 Å². The lowest BCUT2D eigenvalue weighted by molar-refractivity contribution is 0.0777. The first-order valence-corrected chi connectivity index (χ1v) is 7.89. The van der Waals surface area contributed by atoms with E-state index in [0.717, 1.165) is 34.9 Å². The summed E-state index contributed by atoms with van der Waals surface area (Å²) in [6.07, 6.45) is 0. The van der Waals surface area contributed by atoms with E-state index in [1.54, 1.807) is 11.3 Å². The lowest BCUT2D eigenvalue weighted by Crippen LogP contribution is -2.34. The van der Waals surface area contributed by atoms with Crippen LogP contribution in [0, 0.1) is 6.92 Å². The van der Waals surface area contributed by atoms with Crippen LogP contribution in [0.3, 0.4) is 0 Å². The predicted molar refractivity (Wildman–Crippen MR) is 81.5 cm³/mol. The summed E-state index contributed by atoms with van der Waals surface area (Å²) >= 11 is 5.21. The van der Waals surface area contributed by atoms with Crippen molar-refractivity contribution in [2.75, 3.05) is 19.8 Å². The summed E-state index contributed by atoms with van der Waals surface area (Å²) in [5.41, 5.74) is 2.27. The van der Waals surface area contributed by atoms with Gasteiger partial charge in [-0.15, -0.1) is 11.3 Å². The molecule has 0 spiro atoms. The Kier molecular flexibility index (Phi) is 3.98. The third kappa shape index (κ3) is 2.89. The number of nitrogens with one attached hydrogen (secondary N) is 1. The van der Waals surface area contributed by atoms with Crippen LogP contribution < -0.4 is 5.32 Å². The number of morpholine rings is 1. The molecule has 100 valence electrons. The van der Waals surface area contributed by atoms with Crippen molar-refractivity contribution in [2.24, 2.45) is 0 Å². The highest BCUT2D eigenvalue weighted by Crippen LogP contribution is 2.33. The Morgan fingerprint density at radius 3 is 2.84 bits per heavy atom. The first-order chi connectivity index (χ1) is 9.24. The molecule has 2 aromatic rings. The maximum atomic E-state index is 5.53. The van der Waals surface area contributed by atoms with Crippen LogP contribution in [-0.4, -0.2) is 24.7 Å². The van der Waals surface area contributed by atoms with E-state index >= 15 is 0 Å². The molecular formula is C14H15BrN2OS. The number of aromatic nitrogens is 1. The molecule has 0 amide bonds. The monoisotopic (exact) mass is 338 g/mol. The highest BCUT2D eigenvalue weighted by molar-refractivity contribution is 9.10. The normalized spacial score (nSPS) is 19.6. The van der Waals surface area contributed by atoms with Crippen LogP contribution in [0.2, 0.25) is 0 Å². The minimum Gasteiger partial charge on any atom is -0.378 e. The van der Waals surface area contributed by atoms with Crippen molar-refractivity contribution in [3.63, 3.8) is 0 Å². The molecule has 1 aromatic heterocycles. The number of rotatable bonds is 2. The molecule has 1 aromatic carbocycles. The molecule has 0 aliphatic carbocycles. The average Bonchev–Trinajstić information content (AvgIpc) is 2.83. The number of benzene rings is 1. The molecule has 3 rings (SSSR count). The molecule has 1 unspecified atom stereocenters. The van der Waals surface area contributed by atoms with Crippen LogP contribution in [0.25, 0.3) is 10.6 Å². The number of aryl methyl sites for hydroxylation is 1. The molecule has 1 N–H and O–H groups in total. The van der Waals surface area contributed by atoms with Crippen molar-refractivity contribution in [2.45, 2.75) is 13.0 Å². The smallest absolute Gasteiger partial charge is 0.123 e. The van der Waals surface area contributed by atoms with Gasteiger partial charge in [0.2, 0.25) is 0 Å². The largest absolute Gasteiger partial charge is 0.378 e. The fraction of sp³-hybridized carbons (Fsp3) is 0.357. The summed E-state index contributed by atoms with van der Waals surface area (Å²) in [4.78, 5) is 5.98. The predicted octanol–water partition coefficient (Wildman–Crippen LogP) is 3.54. The van der Waals surface area contributed by atoms with Crippen LogP contribution in [0.5, 0.6) is 0 Å². The molecule has 3 nitrogen and oxygen atoms in total. The topological polar surface area (TPSA) is 34.1 Å². The summed E-state index contributed by atoms with van der Waals surface area (Å²) < 4.78 is 6.62. The number of hydrogen-bond acceptors (Lipinski definition) is 4. The second kappa shape index (κ2) is 5.71. The number of nitrogens with zero attached hydrogens (tertiary/aromatic N) is 1. The Balaban J connectivity index is 1.90. The fourth-order valence-electron chi connectivity index (χ4n) is 2.18. The fourth-order valence-corrected chi connectivity index (χ4v) is 3.58. The Labute approximate surface area is 125 Å². The van der Waals surface area contributed by atoms with Crippen molar-refractivity contribution >= 4 is 27.3 Å². The van der Waals surface area contributed by atoms with Gasteiger partial charge in [-0.1, -0.05) is 28.1 Å². The SMILES string of the molecule is Cc1nc(-c2ccc(Br)cc2)sc1C1COCCN1. The van der Waals surface area contributed by atoms with Gasteiger partial charge in [-0.3, -0.25) is 0 Å². The van der Waals surface area contributed by atoms with E-state index in [-0.39, 0.29) is 6.04 Å². The van der Waals surface area contributed by atoms with Crippen LogP contribution in [-0.2, 0) is 4.74 Å². The quantitative estimate of drug-likeness (QED) is 0.909. The highest BCUT2D eigenvalue weighted by atomic mass is 79.9. The molecule has 5 heteroatoms. The van der Waals surface area contributed by atoms with Gasteiger partial charge in [0, 0.05) is 21.5 Å². The van der Waals surface area contributed by atoms with E-state index in [2.05, 4.69) is 40.3 Å². The summed E-state index contributed by atoms with van der Waals surface area (Å²) in [5.74, 6) is 0. The number of thiazole rings is 1. The molecule has 0 radical (unpaired) electrons. The van der Waals surface area contributed by atoms with Gasteiger partial charge in [0.05, 0.1) is 24.9 Å². The Hall–Kier alpha value is -0.750. The van der Waals surface area contributed by atoms with Crippen molar-refractivity contribution in [1.82, 2.24) is 10.3 Å². The summed E-state index contributed by atoms with van der Waals surface area (Å²) in [6.45, 7) is 4.52. The van der Waals surface area contributed by atoms with E-state index in [1.165, 1.54) is 10.4 Å². The van der Waals surface area contributed by atoms with Crippen molar-refractivity contribution < 1.29 is 4.74 Å². The average molecular weight is 339 g/mol. The van der Waals surface area contributed by atoms with E-state index < -0.39 is 0 Å². The molecule has 1 aliphatic heterocycles. The number of hydrogen-bond donors (Lipinski definition) is 1. The lowest BCUT2D eigenvalue weighted by Gasteiger charge is -2.22. The Morgan fingerprint density at radius 1 is 1.37 bits per heavy atom. The molecule has 1 aliphatic rings. The third-order valence-corrected chi connectivity index (χ3v) is 5.01. The van der Waals surface area contributed by atoms with Gasteiger partial charge in [0.1, 0.15) is 5.01 Å². The molecule has 19 heavy (non-hydrogen) atoms. The van der Waals surface area contributed by atoms with Gasteiger partial charge < -0.3 is 10.1 Å². The molecule has 0 saturated carbocycles. The highest BCUT2D eigenvalue weighted by Gasteiger charge is 2.21. The van der Waals surface area contributed by atoms with Gasteiger partial charge in [-0.2, -0.15) is 0 Å². The standard InChI is InChI=1S/C14H15BrN2OS/c1-9-13(12-8-18-7-6-16-12)19-14(17-9)10-2-4-11(15)5-3-10/h2-5,12,16H,6-8H2,1H3. The maximum Gasteiger partial charge on any atom is 0.123 e. The van der Waals surface area contributed by atoms with Gasteiger partial charge >= 0.3 is 0 Å². The van der Waals surface area contributed by atoms with Gasteiger partial charge in [-0.25, -0.2) is 4.98 Å². The molecule has 0 bridgehead atoms. The van der Waals surface area contributed by atoms with Gasteiger partial charge in [0.15, 0.2) is 0 Å². The zero-order valence-electron chi connectivity index (χ0n) is 10.6. The minimum absolute atomic E-state index is 0.287. The summed E-state index contributed by atoms with van der Waals surface area (Å²) in [7, 11) is 0. The van der Waals surface area contributed by atoms with Crippen LogP contribution >= 0.6 is 27.3 Å². The van der Waals surface area contributed by atoms with Crippen LogP contribution in [0.4, 0.5) is 0 Å². The molecule has 1 atom stereocenters. The van der Waals surface area contributed by atoms with Crippen LogP contribution in [0.1, 0.15) is 16.6 Å².